The number of thiazole rings is 1. The average Bonchev–Trinajstić information content (AvgIpc) is 2.63. The number of ketones is 1. The number of hydrogen-bond donors (Lipinski definition) is 0. The molecule has 94 valence electrons. The quantitative estimate of drug-likeness (QED) is 0.596. The van der Waals surface area contributed by atoms with Crippen LogP contribution in [0, 0.1) is 18.8 Å². The van der Waals surface area contributed by atoms with E-state index in [0.717, 1.165) is 10.7 Å². The summed E-state index contributed by atoms with van der Waals surface area (Å²) in [7, 11) is 1.30. The van der Waals surface area contributed by atoms with E-state index >= 15 is 0 Å². The molecule has 0 bridgehead atoms. The molecule has 0 spiro atoms. The van der Waals surface area contributed by atoms with E-state index in [1.807, 2.05) is 26.2 Å². The van der Waals surface area contributed by atoms with Gasteiger partial charge in [0.15, 0.2) is 5.78 Å². The van der Waals surface area contributed by atoms with Crippen molar-refractivity contribution in [1.82, 2.24) is 4.98 Å². The topological polar surface area (TPSA) is 56.3 Å². The number of rotatable bonds is 5. The molecular formula is C12H17NO3S. The second-order valence-corrected chi connectivity index (χ2v) is 5.31. The second-order valence-electron chi connectivity index (χ2n) is 4.25. The van der Waals surface area contributed by atoms with E-state index in [4.69, 9.17) is 0 Å². The van der Waals surface area contributed by atoms with Crippen LogP contribution >= 0.6 is 11.3 Å². The zero-order valence-electron chi connectivity index (χ0n) is 10.5. The summed E-state index contributed by atoms with van der Waals surface area (Å²) in [5, 5.41) is 2.77. The Kier molecular flexibility index (Phi) is 4.81. The van der Waals surface area contributed by atoms with E-state index in [2.05, 4.69) is 9.72 Å². The van der Waals surface area contributed by atoms with Crippen LogP contribution in [0.25, 0.3) is 0 Å². The Morgan fingerprint density at radius 1 is 1.47 bits per heavy atom. The predicted molar refractivity (Wildman–Crippen MR) is 65.9 cm³/mol. The number of aryl methyl sites for hydroxylation is 1. The van der Waals surface area contributed by atoms with Crippen LogP contribution < -0.4 is 0 Å². The van der Waals surface area contributed by atoms with Crippen LogP contribution in [0.5, 0.6) is 0 Å². The number of hydrogen-bond acceptors (Lipinski definition) is 5. The number of methoxy groups -OCH3 is 1. The van der Waals surface area contributed by atoms with Crippen LogP contribution in [0.4, 0.5) is 0 Å². The van der Waals surface area contributed by atoms with Crippen molar-refractivity contribution in [3.05, 3.63) is 16.1 Å². The van der Waals surface area contributed by atoms with Crippen molar-refractivity contribution in [2.24, 2.45) is 11.8 Å². The highest BCUT2D eigenvalue weighted by atomic mass is 32.1. The Labute approximate surface area is 105 Å². The number of carbonyl (C=O) groups is 2. The van der Waals surface area contributed by atoms with Gasteiger partial charge in [-0.05, 0) is 12.8 Å². The molecule has 0 N–H and O–H groups in total. The van der Waals surface area contributed by atoms with Crippen molar-refractivity contribution in [2.75, 3.05) is 7.11 Å². The molecule has 0 aliphatic carbocycles. The first kappa shape index (κ1) is 13.8. The molecular weight excluding hydrogens is 238 g/mol. The molecule has 1 aromatic rings. The third-order valence-electron chi connectivity index (χ3n) is 2.49. The number of Topliss-reactive ketones (excluding diaryl/α,β-unsaturated/α-hetero) is 1. The van der Waals surface area contributed by atoms with Crippen LogP contribution in [-0.4, -0.2) is 23.8 Å². The molecule has 0 radical (unpaired) electrons. The van der Waals surface area contributed by atoms with Crippen LogP contribution in [0.2, 0.25) is 0 Å². The van der Waals surface area contributed by atoms with Gasteiger partial charge in [0.1, 0.15) is 5.92 Å². The van der Waals surface area contributed by atoms with Gasteiger partial charge in [-0.1, -0.05) is 13.8 Å². The lowest BCUT2D eigenvalue weighted by atomic mass is 9.89. The summed E-state index contributed by atoms with van der Waals surface area (Å²) in [5.74, 6) is -1.34. The van der Waals surface area contributed by atoms with Crippen LogP contribution in [0.15, 0.2) is 5.38 Å². The molecule has 0 aliphatic rings. The van der Waals surface area contributed by atoms with Gasteiger partial charge in [-0.25, -0.2) is 4.98 Å². The summed E-state index contributed by atoms with van der Waals surface area (Å²) in [6.07, 6.45) is 0.197. The first-order valence-electron chi connectivity index (χ1n) is 5.47. The van der Waals surface area contributed by atoms with E-state index in [1.54, 1.807) is 0 Å². The van der Waals surface area contributed by atoms with E-state index in [-0.39, 0.29) is 18.1 Å². The SMILES string of the molecule is COC(=O)C(C(=O)Cc1csc(C)n1)C(C)C. The fourth-order valence-electron chi connectivity index (χ4n) is 1.68. The average molecular weight is 255 g/mol. The number of carbonyl (C=O) groups excluding carboxylic acids is 2. The number of nitrogens with zero attached hydrogens (tertiary/aromatic N) is 1. The summed E-state index contributed by atoms with van der Waals surface area (Å²) in [4.78, 5) is 27.8. The number of ether oxygens (including phenoxy) is 1. The maximum atomic E-state index is 12.0. The monoisotopic (exact) mass is 255 g/mol. The van der Waals surface area contributed by atoms with E-state index in [9.17, 15) is 9.59 Å². The molecule has 1 rings (SSSR count). The van der Waals surface area contributed by atoms with Gasteiger partial charge in [0.25, 0.3) is 0 Å². The van der Waals surface area contributed by atoms with Gasteiger partial charge in [0, 0.05) is 5.38 Å². The standard InChI is InChI=1S/C12H17NO3S/c1-7(2)11(12(15)16-4)10(14)5-9-6-17-8(3)13-9/h6-7,11H,5H2,1-4H3. The lowest BCUT2D eigenvalue weighted by Crippen LogP contribution is -2.31. The molecule has 0 aliphatic heterocycles. The molecule has 0 aromatic carbocycles. The van der Waals surface area contributed by atoms with Gasteiger partial charge in [-0.15, -0.1) is 11.3 Å². The van der Waals surface area contributed by atoms with Crippen molar-refractivity contribution in [3.63, 3.8) is 0 Å². The molecule has 0 saturated heterocycles. The number of esters is 1. The summed E-state index contributed by atoms with van der Waals surface area (Å²) < 4.78 is 4.66. The zero-order chi connectivity index (χ0) is 13.0. The van der Waals surface area contributed by atoms with Crippen molar-refractivity contribution in [3.8, 4) is 0 Å². The Morgan fingerprint density at radius 2 is 2.12 bits per heavy atom. The van der Waals surface area contributed by atoms with Crippen LogP contribution in [0.1, 0.15) is 24.5 Å². The largest absolute Gasteiger partial charge is 0.468 e. The molecule has 5 heteroatoms. The minimum atomic E-state index is -0.693. The highest BCUT2D eigenvalue weighted by Crippen LogP contribution is 2.17. The van der Waals surface area contributed by atoms with Crippen LogP contribution in [0.3, 0.4) is 0 Å². The Balaban J connectivity index is 2.75. The van der Waals surface area contributed by atoms with Crippen molar-refractivity contribution in [2.45, 2.75) is 27.2 Å². The summed E-state index contributed by atoms with van der Waals surface area (Å²) >= 11 is 1.50. The summed E-state index contributed by atoms with van der Waals surface area (Å²) in [5.41, 5.74) is 0.729. The maximum absolute atomic E-state index is 12.0. The Morgan fingerprint density at radius 3 is 2.53 bits per heavy atom. The van der Waals surface area contributed by atoms with Crippen molar-refractivity contribution < 1.29 is 14.3 Å². The highest BCUT2D eigenvalue weighted by molar-refractivity contribution is 7.09. The smallest absolute Gasteiger partial charge is 0.316 e. The van der Waals surface area contributed by atoms with Gasteiger partial charge < -0.3 is 4.74 Å². The second kappa shape index (κ2) is 5.91. The lowest BCUT2D eigenvalue weighted by molar-refractivity contribution is -0.151. The molecule has 1 unspecified atom stereocenters. The fraction of sp³-hybridized carbons (Fsp3) is 0.583. The minimum Gasteiger partial charge on any atom is -0.468 e. The Hall–Kier alpha value is -1.23. The molecule has 0 fully saturated rings. The molecule has 1 atom stereocenters. The van der Waals surface area contributed by atoms with Gasteiger partial charge in [-0.3, -0.25) is 9.59 Å². The normalized spacial score (nSPS) is 12.5. The van der Waals surface area contributed by atoms with E-state index in [1.165, 1.54) is 18.4 Å². The molecule has 1 heterocycles. The third kappa shape index (κ3) is 3.63. The first-order valence-corrected chi connectivity index (χ1v) is 6.35. The number of aromatic nitrogens is 1. The van der Waals surface area contributed by atoms with Crippen LogP contribution in [-0.2, 0) is 20.7 Å². The Bertz CT molecular complexity index is 412. The van der Waals surface area contributed by atoms with Gasteiger partial charge in [0.05, 0.1) is 24.2 Å². The first-order chi connectivity index (χ1) is 7.95. The zero-order valence-corrected chi connectivity index (χ0v) is 11.3. The highest BCUT2D eigenvalue weighted by Gasteiger charge is 2.30. The lowest BCUT2D eigenvalue weighted by Gasteiger charge is -2.16. The third-order valence-corrected chi connectivity index (χ3v) is 3.31. The summed E-state index contributed by atoms with van der Waals surface area (Å²) in [6.45, 7) is 5.57. The van der Waals surface area contributed by atoms with Gasteiger partial charge in [-0.2, -0.15) is 0 Å². The molecule has 4 nitrogen and oxygen atoms in total. The van der Waals surface area contributed by atoms with E-state index < -0.39 is 11.9 Å². The molecule has 17 heavy (non-hydrogen) atoms. The fourth-order valence-corrected chi connectivity index (χ4v) is 2.29. The van der Waals surface area contributed by atoms with Gasteiger partial charge in [0.2, 0.25) is 0 Å². The molecule has 0 amide bonds. The van der Waals surface area contributed by atoms with E-state index in [0.29, 0.717) is 0 Å². The van der Waals surface area contributed by atoms with Crippen molar-refractivity contribution >= 4 is 23.1 Å². The predicted octanol–water partition coefficient (Wildman–Crippen LogP) is 2.01. The molecule has 1 aromatic heterocycles. The maximum Gasteiger partial charge on any atom is 0.316 e. The minimum absolute atomic E-state index is 0.0605. The van der Waals surface area contributed by atoms with Crippen molar-refractivity contribution in [1.29, 1.82) is 0 Å². The summed E-state index contributed by atoms with van der Waals surface area (Å²) in [6, 6.07) is 0. The van der Waals surface area contributed by atoms with Gasteiger partial charge >= 0.3 is 5.97 Å². The molecule has 0 saturated carbocycles.